The van der Waals surface area contributed by atoms with Gasteiger partial charge < -0.3 is 10.6 Å². The summed E-state index contributed by atoms with van der Waals surface area (Å²) in [5.74, 6) is 0.537. The van der Waals surface area contributed by atoms with Crippen LogP contribution in [0.4, 0.5) is 5.82 Å². The van der Waals surface area contributed by atoms with E-state index in [9.17, 15) is 4.79 Å². The average Bonchev–Trinajstić information content (AvgIpc) is 3.20. The van der Waals surface area contributed by atoms with Gasteiger partial charge in [0.05, 0.1) is 0 Å². The molecule has 102 valence electrons. The van der Waals surface area contributed by atoms with E-state index in [0.29, 0.717) is 11.7 Å². The molecule has 1 amide bonds. The molecule has 2 aliphatic rings. The van der Waals surface area contributed by atoms with E-state index in [1.165, 1.54) is 19.4 Å². The third kappa shape index (κ3) is 2.84. The predicted molar refractivity (Wildman–Crippen MR) is 72.0 cm³/mol. The molecule has 0 bridgehead atoms. The van der Waals surface area contributed by atoms with Gasteiger partial charge in [-0.1, -0.05) is 0 Å². The van der Waals surface area contributed by atoms with Gasteiger partial charge >= 0.3 is 0 Å². The minimum Gasteiger partial charge on any atom is -0.365 e. The lowest BCUT2D eigenvalue weighted by Gasteiger charge is -2.15. The number of anilines is 1. The predicted octanol–water partition coefficient (Wildman–Crippen LogP) is 0.485. The summed E-state index contributed by atoms with van der Waals surface area (Å²) in [6, 6.07) is 4.79. The summed E-state index contributed by atoms with van der Waals surface area (Å²) >= 11 is 0. The van der Waals surface area contributed by atoms with Crippen molar-refractivity contribution in [2.75, 3.05) is 25.5 Å². The molecule has 1 saturated carbocycles. The summed E-state index contributed by atoms with van der Waals surface area (Å²) in [5, 5.41) is 13.9. The van der Waals surface area contributed by atoms with E-state index >= 15 is 0 Å². The Labute approximate surface area is 112 Å². The van der Waals surface area contributed by atoms with Gasteiger partial charge in [0, 0.05) is 32.2 Å². The van der Waals surface area contributed by atoms with Crippen molar-refractivity contribution in [1.82, 2.24) is 20.4 Å². The maximum Gasteiger partial charge on any atom is 0.271 e. The molecular formula is C13H19N5O. The Kier molecular flexibility index (Phi) is 3.33. The first kappa shape index (κ1) is 12.3. The van der Waals surface area contributed by atoms with Crippen molar-refractivity contribution in [3.05, 3.63) is 17.8 Å². The molecule has 2 fully saturated rings. The lowest BCUT2D eigenvalue weighted by Crippen LogP contribution is -2.28. The largest absolute Gasteiger partial charge is 0.365 e. The number of amides is 1. The highest BCUT2D eigenvalue weighted by Crippen LogP contribution is 2.30. The minimum atomic E-state index is -0.208. The van der Waals surface area contributed by atoms with E-state index in [-0.39, 0.29) is 5.91 Å². The van der Waals surface area contributed by atoms with Crippen molar-refractivity contribution in [3.63, 3.8) is 0 Å². The monoisotopic (exact) mass is 261 g/mol. The smallest absolute Gasteiger partial charge is 0.271 e. The molecule has 1 aromatic heterocycles. The summed E-state index contributed by atoms with van der Waals surface area (Å²) < 4.78 is 0. The fourth-order valence-corrected chi connectivity index (χ4v) is 2.54. The fourth-order valence-electron chi connectivity index (χ4n) is 2.54. The Morgan fingerprint density at radius 2 is 2.16 bits per heavy atom. The van der Waals surface area contributed by atoms with Crippen LogP contribution in [0.5, 0.6) is 0 Å². The second-order valence-electron chi connectivity index (χ2n) is 5.24. The van der Waals surface area contributed by atoms with Gasteiger partial charge in [-0.05, 0) is 31.4 Å². The Hall–Kier alpha value is -1.69. The Morgan fingerprint density at radius 3 is 2.79 bits per heavy atom. The van der Waals surface area contributed by atoms with Crippen molar-refractivity contribution in [2.45, 2.75) is 31.3 Å². The summed E-state index contributed by atoms with van der Waals surface area (Å²) in [5.41, 5.74) is 0.346. The Morgan fingerprint density at radius 1 is 1.32 bits per heavy atom. The van der Waals surface area contributed by atoms with Gasteiger partial charge in [0.25, 0.3) is 5.91 Å². The molecule has 0 aromatic carbocycles. The van der Waals surface area contributed by atoms with Crippen LogP contribution in [0.3, 0.4) is 0 Å². The first-order chi connectivity index (χ1) is 9.26. The second-order valence-corrected chi connectivity index (χ2v) is 5.24. The number of carbonyl (C=O) groups excluding carboxylic acids is 1. The van der Waals surface area contributed by atoms with Gasteiger partial charge in [-0.3, -0.25) is 9.69 Å². The third-order valence-corrected chi connectivity index (χ3v) is 3.76. The van der Waals surface area contributed by atoms with E-state index in [0.717, 1.165) is 24.8 Å². The summed E-state index contributed by atoms with van der Waals surface area (Å²) in [4.78, 5) is 13.9. The van der Waals surface area contributed by atoms with Gasteiger partial charge in [-0.15, -0.1) is 10.2 Å². The fraction of sp³-hybridized carbons (Fsp3) is 0.615. The molecule has 6 nitrogen and oxygen atoms in total. The number of carbonyl (C=O) groups is 1. The standard InChI is InChI=1S/C13H19N5O/c1-14-13(19)11-4-5-12(17-16-11)15-9-6-7-18(8-9)10-2-3-10/h4-5,9-10H,2-3,6-8H2,1H3,(H,14,19)(H,15,17). The number of hydrogen-bond donors (Lipinski definition) is 2. The highest BCUT2D eigenvalue weighted by Gasteiger charge is 2.34. The van der Waals surface area contributed by atoms with Crippen LogP contribution in [-0.4, -0.2) is 53.2 Å². The maximum absolute atomic E-state index is 11.4. The number of rotatable bonds is 4. The van der Waals surface area contributed by atoms with E-state index in [1.54, 1.807) is 13.1 Å². The van der Waals surface area contributed by atoms with E-state index in [1.807, 2.05) is 6.07 Å². The zero-order valence-electron chi connectivity index (χ0n) is 11.1. The van der Waals surface area contributed by atoms with Crippen molar-refractivity contribution in [1.29, 1.82) is 0 Å². The molecule has 1 aliphatic carbocycles. The first-order valence-electron chi connectivity index (χ1n) is 6.82. The minimum absolute atomic E-state index is 0.208. The zero-order valence-corrected chi connectivity index (χ0v) is 11.1. The van der Waals surface area contributed by atoms with Gasteiger partial charge in [0.15, 0.2) is 5.69 Å². The number of likely N-dealkylation sites (tertiary alicyclic amines) is 1. The second kappa shape index (κ2) is 5.13. The number of nitrogens with one attached hydrogen (secondary N) is 2. The molecule has 0 spiro atoms. The summed E-state index contributed by atoms with van der Waals surface area (Å²) in [7, 11) is 1.58. The van der Waals surface area contributed by atoms with Crippen LogP contribution in [0.15, 0.2) is 12.1 Å². The topological polar surface area (TPSA) is 70.2 Å². The van der Waals surface area contributed by atoms with E-state index in [4.69, 9.17) is 0 Å². The number of nitrogens with zero attached hydrogens (tertiary/aromatic N) is 3. The molecule has 3 rings (SSSR count). The van der Waals surface area contributed by atoms with Crippen molar-refractivity contribution >= 4 is 11.7 Å². The van der Waals surface area contributed by atoms with E-state index in [2.05, 4.69) is 25.7 Å². The molecule has 2 heterocycles. The molecule has 1 saturated heterocycles. The first-order valence-corrected chi connectivity index (χ1v) is 6.82. The molecule has 0 radical (unpaired) electrons. The molecular weight excluding hydrogens is 242 g/mol. The van der Waals surface area contributed by atoms with E-state index < -0.39 is 0 Å². The molecule has 19 heavy (non-hydrogen) atoms. The summed E-state index contributed by atoms with van der Waals surface area (Å²) in [6.45, 7) is 2.26. The molecule has 6 heteroatoms. The van der Waals surface area contributed by atoms with Gasteiger partial charge in [-0.2, -0.15) is 0 Å². The Bertz CT molecular complexity index is 457. The lowest BCUT2D eigenvalue weighted by molar-refractivity contribution is 0.0957. The zero-order chi connectivity index (χ0) is 13.2. The van der Waals surface area contributed by atoms with Crippen LogP contribution in [-0.2, 0) is 0 Å². The molecule has 1 aromatic rings. The number of aromatic nitrogens is 2. The highest BCUT2D eigenvalue weighted by atomic mass is 16.1. The summed E-state index contributed by atoms with van der Waals surface area (Å²) in [6.07, 6.45) is 3.86. The lowest BCUT2D eigenvalue weighted by atomic mass is 10.2. The van der Waals surface area contributed by atoms with Crippen LogP contribution in [0.2, 0.25) is 0 Å². The average molecular weight is 261 g/mol. The molecule has 1 atom stereocenters. The van der Waals surface area contributed by atoms with Crippen molar-refractivity contribution in [3.8, 4) is 0 Å². The van der Waals surface area contributed by atoms with Gasteiger partial charge in [0.2, 0.25) is 0 Å². The van der Waals surface area contributed by atoms with Crippen LogP contribution in [0.1, 0.15) is 29.8 Å². The SMILES string of the molecule is CNC(=O)c1ccc(NC2CCN(C3CC3)C2)nn1. The molecule has 1 unspecified atom stereocenters. The molecule has 2 N–H and O–H groups in total. The van der Waals surface area contributed by atoms with Crippen LogP contribution >= 0.6 is 0 Å². The van der Waals surface area contributed by atoms with Crippen LogP contribution in [0.25, 0.3) is 0 Å². The molecule has 1 aliphatic heterocycles. The maximum atomic E-state index is 11.4. The normalized spacial score (nSPS) is 23.3. The Balaban J connectivity index is 1.56. The van der Waals surface area contributed by atoms with Crippen molar-refractivity contribution in [2.24, 2.45) is 0 Å². The van der Waals surface area contributed by atoms with Gasteiger partial charge in [-0.25, -0.2) is 0 Å². The quantitative estimate of drug-likeness (QED) is 0.825. The number of hydrogen-bond acceptors (Lipinski definition) is 5. The van der Waals surface area contributed by atoms with Crippen molar-refractivity contribution < 1.29 is 4.79 Å². The third-order valence-electron chi connectivity index (χ3n) is 3.76. The highest BCUT2D eigenvalue weighted by molar-refractivity contribution is 5.91. The van der Waals surface area contributed by atoms with Crippen LogP contribution < -0.4 is 10.6 Å². The van der Waals surface area contributed by atoms with Gasteiger partial charge in [0.1, 0.15) is 5.82 Å². The van der Waals surface area contributed by atoms with Crippen LogP contribution in [0, 0.1) is 0 Å².